The van der Waals surface area contributed by atoms with Crippen molar-refractivity contribution < 1.29 is 37.8 Å². The number of Topliss-reactive ketones (excluding diaryl/α,β-unsaturated/α-hetero) is 1. The molecule has 0 aromatic heterocycles. The van der Waals surface area contributed by atoms with Crippen LogP contribution in [-0.2, 0) is 33.0 Å². The first kappa shape index (κ1) is 26.9. The van der Waals surface area contributed by atoms with Crippen molar-refractivity contribution in [3.63, 3.8) is 0 Å². The molecule has 3 aliphatic carbocycles. The zero-order valence-electron chi connectivity index (χ0n) is 23.9. The second-order valence-electron chi connectivity index (χ2n) is 13.8. The molecule has 1 spiro atoms. The predicted octanol–water partition coefficient (Wildman–Crippen LogP) is 4.81. The Hall–Kier alpha value is -1.71. The Balaban J connectivity index is 1.81. The van der Waals surface area contributed by atoms with Gasteiger partial charge in [0.25, 0.3) is 0 Å². The van der Waals surface area contributed by atoms with Crippen LogP contribution in [0.1, 0.15) is 61.3 Å². The zero-order valence-corrected chi connectivity index (χ0v) is 24.9. The van der Waals surface area contributed by atoms with E-state index < -0.39 is 60.4 Å². The summed E-state index contributed by atoms with van der Waals surface area (Å²) in [5.41, 5.74) is -1.82. The third kappa shape index (κ3) is 3.35. The van der Waals surface area contributed by atoms with Crippen LogP contribution in [-0.4, -0.2) is 62.3 Å². The third-order valence-corrected chi connectivity index (χ3v) is 11.4. The molecule has 0 radical (unpaired) electrons. The summed E-state index contributed by atoms with van der Waals surface area (Å²) in [7, 11) is -2.01. The van der Waals surface area contributed by atoms with Crippen LogP contribution in [0.4, 0.5) is 4.79 Å². The molecular formula is C28H42O8Si. The van der Waals surface area contributed by atoms with Gasteiger partial charge in [0, 0.05) is 30.1 Å². The smallest absolute Gasteiger partial charge is 0.454 e. The van der Waals surface area contributed by atoms with E-state index in [4.69, 9.17) is 23.4 Å². The van der Waals surface area contributed by atoms with Gasteiger partial charge < -0.3 is 23.4 Å². The Morgan fingerprint density at radius 1 is 1.11 bits per heavy atom. The number of fused-ring (bicyclic) bond motifs is 5. The molecule has 9 heteroatoms. The van der Waals surface area contributed by atoms with Crippen molar-refractivity contribution in [3.05, 3.63) is 11.1 Å². The first-order chi connectivity index (χ1) is 16.9. The first-order valence-corrected chi connectivity index (χ1v) is 17.0. The Morgan fingerprint density at radius 3 is 2.30 bits per heavy atom. The topological polar surface area (TPSA) is 97.4 Å². The van der Waals surface area contributed by atoms with Gasteiger partial charge in [-0.15, -0.1) is 0 Å². The number of ether oxygens (including phenoxy) is 4. The minimum absolute atomic E-state index is 0.0782. The molecule has 9 atom stereocenters. The molecular weight excluding hydrogens is 492 g/mol. The average Bonchev–Trinajstić information content (AvgIpc) is 3.07. The van der Waals surface area contributed by atoms with Gasteiger partial charge in [-0.3, -0.25) is 9.59 Å². The lowest BCUT2D eigenvalue weighted by Gasteiger charge is -2.67. The van der Waals surface area contributed by atoms with Gasteiger partial charge in [0.15, 0.2) is 25.6 Å². The number of rotatable bonds is 3. The van der Waals surface area contributed by atoms with Gasteiger partial charge in [-0.1, -0.05) is 34.6 Å². The molecule has 0 aromatic rings. The Kier molecular flexibility index (Phi) is 5.75. The van der Waals surface area contributed by atoms with Crippen molar-refractivity contribution in [2.24, 2.45) is 28.6 Å². The maximum atomic E-state index is 14.7. The Labute approximate surface area is 220 Å². The molecule has 2 heterocycles. The van der Waals surface area contributed by atoms with E-state index >= 15 is 0 Å². The normalized spacial score (nSPS) is 46.3. The molecule has 0 aromatic carbocycles. The van der Waals surface area contributed by atoms with Crippen LogP contribution < -0.4 is 0 Å². The SMILES string of the molecule is CC(=O)OC12COC1C[C@H](C)[C@@]1(C)C(=O)[C@H](C)C3=C(C)C(O[Si](C)(C)C)CC4(OC(=O)OC4C21)C3(C)C. The summed E-state index contributed by atoms with van der Waals surface area (Å²) >= 11 is 0. The van der Waals surface area contributed by atoms with Crippen molar-refractivity contribution in [1.29, 1.82) is 0 Å². The fraction of sp³-hybridized carbons (Fsp3) is 0.821. The zero-order chi connectivity index (χ0) is 27.5. The maximum absolute atomic E-state index is 14.7. The molecule has 8 nitrogen and oxygen atoms in total. The number of ketones is 1. The standard InChI is InChI=1S/C28H42O8Si/c1-14-11-19-27(13-32-19,34-17(4)29)21-23-28(35-24(31)33-23)12-18(36-37(8,9)10)15(2)20(25(28,5)6)16(3)22(30)26(14,21)7/h14,16,18-19,21,23H,11-13H2,1-10H3/t14-,16+,18?,19?,21?,23?,26+,27?,28?/m0/s1. The van der Waals surface area contributed by atoms with Gasteiger partial charge in [-0.25, -0.2) is 4.79 Å². The number of esters is 1. The first-order valence-electron chi connectivity index (χ1n) is 13.6. The molecule has 5 aliphatic rings. The van der Waals surface area contributed by atoms with E-state index in [1.807, 2.05) is 13.8 Å². The number of carbonyl (C=O) groups is 3. The summed E-state index contributed by atoms with van der Waals surface area (Å²) in [6, 6.07) is 0. The molecule has 206 valence electrons. The van der Waals surface area contributed by atoms with Crippen molar-refractivity contribution in [2.75, 3.05) is 6.61 Å². The number of hydrogen-bond donors (Lipinski definition) is 0. The molecule has 0 N–H and O–H groups in total. The van der Waals surface area contributed by atoms with Crippen LogP contribution in [0.2, 0.25) is 19.6 Å². The van der Waals surface area contributed by atoms with E-state index in [0.29, 0.717) is 12.8 Å². The minimum atomic E-state index is -2.01. The number of hydrogen-bond acceptors (Lipinski definition) is 8. The lowest BCUT2D eigenvalue weighted by Crippen LogP contribution is -2.79. The largest absolute Gasteiger partial charge is 0.509 e. The van der Waals surface area contributed by atoms with Crippen LogP contribution in [0.3, 0.4) is 0 Å². The van der Waals surface area contributed by atoms with Gasteiger partial charge in [-0.2, -0.15) is 0 Å². The van der Waals surface area contributed by atoms with Crippen LogP contribution in [0, 0.1) is 28.6 Å². The van der Waals surface area contributed by atoms with Crippen molar-refractivity contribution in [1.82, 2.24) is 0 Å². The quantitative estimate of drug-likeness (QED) is 0.289. The fourth-order valence-electron chi connectivity index (χ4n) is 8.72. The maximum Gasteiger partial charge on any atom is 0.509 e. The molecule has 2 bridgehead atoms. The second-order valence-corrected chi connectivity index (χ2v) is 18.2. The van der Waals surface area contributed by atoms with Crippen molar-refractivity contribution >= 4 is 26.2 Å². The molecule has 2 saturated heterocycles. The van der Waals surface area contributed by atoms with Crippen LogP contribution in [0.5, 0.6) is 0 Å². The summed E-state index contributed by atoms with van der Waals surface area (Å²) < 4.78 is 31.2. The lowest BCUT2D eigenvalue weighted by molar-refractivity contribution is -0.330. The number of carbonyl (C=O) groups excluding carboxylic acids is 3. The molecule has 37 heavy (non-hydrogen) atoms. The van der Waals surface area contributed by atoms with E-state index in [1.54, 1.807) is 0 Å². The monoisotopic (exact) mass is 534 g/mol. The second kappa shape index (κ2) is 7.91. The molecule has 2 saturated carbocycles. The fourth-order valence-corrected chi connectivity index (χ4v) is 9.83. The Bertz CT molecular complexity index is 1090. The van der Waals surface area contributed by atoms with E-state index in [0.717, 1.165) is 11.1 Å². The molecule has 2 aliphatic heterocycles. The summed E-state index contributed by atoms with van der Waals surface area (Å²) in [6.07, 6.45) is -1.26. The third-order valence-electron chi connectivity index (χ3n) is 10.4. The van der Waals surface area contributed by atoms with Crippen molar-refractivity contribution in [3.8, 4) is 0 Å². The van der Waals surface area contributed by atoms with Gasteiger partial charge in [-0.05, 0) is 50.0 Å². The summed E-state index contributed by atoms with van der Waals surface area (Å²) in [5, 5.41) is 0. The van der Waals surface area contributed by atoms with E-state index in [-0.39, 0.29) is 30.5 Å². The lowest BCUT2D eigenvalue weighted by atomic mass is 9.42. The highest BCUT2D eigenvalue weighted by molar-refractivity contribution is 6.69. The van der Waals surface area contributed by atoms with Crippen LogP contribution >= 0.6 is 0 Å². The van der Waals surface area contributed by atoms with Crippen LogP contribution in [0.25, 0.3) is 0 Å². The van der Waals surface area contributed by atoms with E-state index in [9.17, 15) is 14.4 Å². The Morgan fingerprint density at radius 2 is 1.76 bits per heavy atom. The van der Waals surface area contributed by atoms with Gasteiger partial charge in [0.05, 0.1) is 18.6 Å². The summed E-state index contributed by atoms with van der Waals surface area (Å²) in [6.45, 7) is 20.1. The van der Waals surface area contributed by atoms with Crippen molar-refractivity contribution in [2.45, 2.75) is 110 Å². The molecule has 4 fully saturated rings. The van der Waals surface area contributed by atoms with Gasteiger partial charge in [0.1, 0.15) is 11.9 Å². The molecule has 0 amide bonds. The van der Waals surface area contributed by atoms with E-state index in [1.165, 1.54) is 6.92 Å². The summed E-state index contributed by atoms with van der Waals surface area (Å²) in [4.78, 5) is 40.3. The summed E-state index contributed by atoms with van der Waals surface area (Å²) in [5.74, 6) is -1.52. The molecule has 6 unspecified atom stereocenters. The highest BCUT2D eigenvalue weighted by atomic mass is 28.4. The van der Waals surface area contributed by atoms with Gasteiger partial charge >= 0.3 is 12.1 Å². The average molecular weight is 535 g/mol. The van der Waals surface area contributed by atoms with Gasteiger partial charge in [0.2, 0.25) is 0 Å². The molecule has 5 rings (SSSR count). The highest BCUT2D eigenvalue weighted by Crippen LogP contribution is 2.68. The predicted molar refractivity (Wildman–Crippen MR) is 137 cm³/mol. The highest BCUT2D eigenvalue weighted by Gasteiger charge is 2.79. The minimum Gasteiger partial charge on any atom is -0.454 e. The van der Waals surface area contributed by atoms with E-state index in [2.05, 4.69) is 47.3 Å². The van der Waals surface area contributed by atoms with Crippen LogP contribution in [0.15, 0.2) is 11.1 Å².